The lowest BCUT2D eigenvalue weighted by Gasteiger charge is -2.18. The molecule has 0 atom stereocenters. The highest BCUT2D eigenvalue weighted by molar-refractivity contribution is 5.95. The van der Waals surface area contributed by atoms with Crippen molar-refractivity contribution < 1.29 is 9.59 Å². The molecule has 4 rings (SSSR count). The van der Waals surface area contributed by atoms with Gasteiger partial charge in [0.05, 0.1) is 6.42 Å². The number of nitrogens with one attached hydrogen (secondary N) is 1. The third kappa shape index (κ3) is 5.71. The molecule has 0 unspecified atom stereocenters. The van der Waals surface area contributed by atoms with Crippen LogP contribution in [0.5, 0.6) is 0 Å². The van der Waals surface area contributed by atoms with E-state index in [0.717, 1.165) is 27.9 Å². The van der Waals surface area contributed by atoms with Gasteiger partial charge in [-0.15, -0.1) is 0 Å². The van der Waals surface area contributed by atoms with Gasteiger partial charge < -0.3 is 10.2 Å². The molecule has 164 valence electrons. The summed E-state index contributed by atoms with van der Waals surface area (Å²) in [6.07, 6.45) is 3.81. The lowest BCUT2D eigenvalue weighted by molar-refractivity contribution is -0.117. The molecule has 5 heteroatoms. The number of nitrogens with zero attached hydrogens (tertiary/aromatic N) is 2. The molecule has 0 aliphatic rings. The van der Waals surface area contributed by atoms with Crippen LogP contribution in [0, 0.1) is 0 Å². The molecule has 0 spiro atoms. The van der Waals surface area contributed by atoms with E-state index >= 15 is 0 Å². The number of carbonyl (C=O) groups excluding carboxylic acids is 2. The molecule has 33 heavy (non-hydrogen) atoms. The van der Waals surface area contributed by atoms with E-state index in [9.17, 15) is 9.59 Å². The number of rotatable bonds is 7. The maximum atomic E-state index is 12.6. The number of benzene rings is 3. The van der Waals surface area contributed by atoms with Gasteiger partial charge in [-0.2, -0.15) is 0 Å². The molecule has 3 aromatic carbocycles. The van der Waals surface area contributed by atoms with Crippen LogP contribution in [0.15, 0.2) is 103 Å². The standard InChI is InChI=1S/C28H25N3O2/c1-31(27(32)18-21-6-3-2-4-7-21)26-15-13-24(14-16-26)23-9-11-25(12-10-23)28(33)30-20-22-8-5-17-29-19-22/h2-17,19H,18,20H2,1H3,(H,30,33). The molecular formula is C28H25N3O2. The summed E-state index contributed by atoms with van der Waals surface area (Å²) in [5, 5.41) is 2.91. The predicted molar refractivity (Wildman–Crippen MR) is 131 cm³/mol. The number of amides is 2. The topological polar surface area (TPSA) is 62.3 Å². The third-order valence-corrected chi connectivity index (χ3v) is 5.48. The monoisotopic (exact) mass is 435 g/mol. The molecule has 0 bridgehead atoms. The Morgan fingerprint density at radius 3 is 2.06 bits per heavy atom. The van der Waals surface area contributed by atoms with Gasteiger partial charge in [0.15, 0.2) is 0 Å². The highest BCUT2D eigenvalue weighted by Gasteiger charge is 2.12. The van der Waals surface area contributed by atoms with Crippen LogP contribution >= 0.6 is 0 Å². The first-order valence-electron chi connectivity index (χ1n) is 10.8. The van der Waals surface area contributed by atoms with Crippen LogP contribution in [-0.2, 0) is 17.8 Å². The molecule has 0 fully saturated rings. The van der Waals surface area contributed by atoms with Crippen LogP contribution in [0.2, 0.25) is 0 Å². The summed E-state index contributed by atoms with van der Waals surface area (Å²) in [7, 11) is 1.79. The van der Waals surface area contributed by atoms with E-state index in [2.05, 4.69) is 10.3 Å². The zero-order valence-electron chi connectivity index (χ0n) is 18.4. The van der Waals surface area contributed by atoms with E-state index in [1.165, 1.54) is 0 Å². The number of hydrogen-bond acceptors (Lipinski definition) is 3. The van der Waals surface area contributed by atoms with Crippen molar-refractivity contribution in [3.05, 3.63) is 120 Å². The first-order chi connectivity index (χ1) is 16.1. The van der Waals surface area contributed by atoms with Crippen LogP contribution in [0.3, 0.4) is 0 Å². The van der Waals surface area contributed by atoms with Gasteiger partial charge in [-0.3, -0.25) is 14.6 Å². The molecule has 4 aromatic rings. The van der Waals surface area contributed by atoms with Gasteiger partial charge in [0, 0.05) is 37.2 Å². The second-order valence-electron chi connectivity index (χ2n) is 7.78. The van der Waals surface area contributed by atoms with Crippen LogP contribution in [0.25, 0.3) is 11.1 Å². The van der Waals surface area contributed by atoms with Gasteiger partial charge in [0.25, 0.3) is 5.91 Å². The Balaban J connectivity index is 1.37. The summed E-state index contributed by atoms with van der Waals surface area (Å²) in [5.41, 5.74) is 5.41. The summed E-state index contributed by atoms with van der Waals surface area (Å²) in [6.45, 7) is 0.437. The maximum absolute atomic E-state index is 12.6. The van der Waals surface area contributed by atoms with Crippen molar-refractivity contribution in [1.82, 2.24) is 10.3 Å². The van der Waals surface area contributed by atoms with Gasteiger partial charge >= 0.3 is 0 Å². The van der Waals surface area contributed by atoms with E-state index in [1.807, 2.05) is 91.0 Å². The number of likely N-dealkylation sites (N-methyl/N-ethyl adjacent to an activating group) is 1. The van der Waals surface area contributed by atoms with Crippen molar-refractivity contribution in [2.75, 3.05) is 11.9 Å². The van der Waals surface area contributed by atoms with Crippen LogP contribution in [0.1, 0.15) is 21.5 Å². The second kappa shape index (κ2) is 10.4. The summed E-state index contributed by atoms with van der Waals surface area (Å²) in [4.78, 5) is 30.7. The fourth-order valence-corrected chi connectivity index (χ4v) is 3.51. The molecule has 0 saturated heterocycles. The number of pyridine rings is 1. The van der Waals surface area contributed by atoms with Crippen molar-refractivity contribution in [2.24, 2.45) is 0 Å². The fraction of sp³-hybridized carbons (Fsp3) is 0.107. The summed E-state index contributed by atoms with van der Waals surface area (Å²) >= 11 is 0. The Morgan fingerprint density at radius 1 is 0.788 bits per heavy atom. The van der Waals surface area contributed by atoms with Crippen molar-refractivity contribution in [2.45, 2.75) is 13.0 Å². The summed E-state index contributed by atoms with van der Waals surface area (Å²) in [5.74, 6) is -0.0881. The lowest BCUT2D eigenvalue weighted by atomic mass is 10.0. The van der Waals surface area contributed by atoms with Crippen molar-refractivity contribution >= 4 is 17.5 Å². The lowest BCUT2D eigenvalue weighted by Crippen LogP contribution is -2.27. The maximum Gasteiger partial charge on any atom is 0.251 e. The highest BCUT2D eigenvalue weighted by atomic mass is 16.2. The van der Waals surface area contributed by atoms with E-state index in [0.29, 0.717) is 18.5 Å². The second-order valence-corrected chi connectivity index (χ2v) is 7.78. The van der Waals surface area contributed by atoms with Crippen LogP contribution in [-0.4, -0.2) is 23.8 Å². The van der Waals surface area contributed by atoms with Crippen molar-refractivity contribution in [3.63, 3.8) is 0 Å². The average molecular weight is 436 g/mol. The van der Waals surface area contributed by atoms with Crippen LogP contribution in [0.4, 0.5) is 5.69 Å². The largest absolute Gasteiger partial charge is 0.348 e. The molecule has 5 nitrogen and oxygen atoms in total. The quantitative estimate of drug-likeness (QED) is 0.450. The summed E-state index contributed by atoms with van der Waals surface area (Å²) < 4.78 is 0. The number of carbonyl (C=O) groups is 2. The van der Waals surface area contributed by atoms with E-state index < -0.39 is 0 Å². The fourth-order valence-electron chi connectivity index (χ4n) is 3.51. The number of aromatic nitrogens is 1. The zero-order valence-corrected chi connectivity index (χ0v) is 18.4. The molecule has 1 heterocycles. The van der Waals surface area contributed by atoms with Crippen molar-refractivity contribution in [3.8, 4) is 11.1 Å². The first kappa shape index (κ1) is 22.0. The molecule has 0 aliphatic carbocycles. The Hall–Kier alpha value is -4.25. The normalized spacial score (nSPS) is 10.5. The molecule has 1 N–H and O–H groups in total. The molecule has 0 saturated carbocycles. The Bertz CT molecular complexity index is 1210. The van der Waals surface area contributed by atoms with Crippen molar-refractivity contribution in [1.29, 1.82) is 0 Å². The van der Waals surface area contributed by atoms with Gasteiger partial charge in [-0.1, -0.05) is 60.7 Å². The number of hydrogen-bond donors (Lipinski definition) is 1. The third-order valence-electron chi connectivity index (χ3n) is 5.48. The molecule has 0 radical (unpaired) electrons. The molecule has 2 amide bonds. The molecule has 0 aliphatic heterocycles. The SMILES string of the molecule is CN(C(=O)Cc1ccccc1)c1ccc(-c2ccc(C(=O)NCc3cccnc3)cc2)cc1. The minimum Gasteiger partial charge on any atom is -0.348 e. The molecular weight excluding hydrogens is 410 g/mol. The Labute approximate surface area is 193 Å². The smallest absolute Gasteiger partial charge is 0.251 e. The van der Waals surface area contributed by atoms with Gasteiger partial charge in [-0.25, -0.2) is 0 Å². The average Bonchev–Trinajstić information content (AvgIpc) is 2.88. The van der Waals surface area contributed by atoms with Gasteiger partial charge in [0.2, 0.25) is 5.91 Å². The number of anilines is 1. The first-order valence-corrected chi connectivity index (χ1v) is 10.8. The minimum absolute atomic E-state index is 0.0376. The van der Waals surface area contributed by atoms with Crippen LogP contribution < -0.4 is 10.2 Å². The van der Waals surface area contributed by atoms with E-state index in [1.54, 1.807) is 24.3 Å². The van der Waals surface area contributed by atoms with Gasteiger partial charge in [0.1, 0.15) is 0 Å². The minimum atomic E-state index is -0.126. The van der Waals surface area contributed by atoms with Gasteiger partial charge in [-0.05, 0) is 52.6 Å². The predicted octanol–water partition coefficient (Wildman–Crippen LogP) is 4.88. The zero-order chi connectivity index (χ0) is 23.0. The van der Waals surface area contributed by atoms with E-state index in [-0.39, 0.29) is 11.8 Å². The van der Waals surface area contributed by atoms with E-state index in [4.69, 9.17) is 0 Å². The Morgan fingerprint density at radius 2 is 1.42 bits per heavy atom. The Kier molecular flexibility index (Phi) is 6.90. The summed E-state index contributed by atoms with van der Waals surface area (Å²) in [6, 6.07) is 28.8. The molecule has 1 aromatic heterocycles. The highest BCUT2D eigenvalue weighted by Crippen LogP contribution is 2.24.